The minimum atomic E-state index is -1.74. The molecule has 0 heterocycles. The van der Waals surface area contributed by atoms with Crippen molar-refractivity contribution in [3.63, 3.8) is 0 Å². The maximum absolute atomic E-state index is 10.8. The monoisotopic (exact) mass is 272 g/mol. The van der Waals surface area contributed by atoms with Crippen LogP contribution in [0.15, 0.2) is 18.2 Å². The molecule has 1 aromatic rings. The first-order valence-electron chi connectivity index (χ1n) is 5.00. The maximum Gasteiger partial charge on any atom is 0.311 e. The molecule has 0 amide bonds. The Morgan fingerprint density at radius 3 is 1.53 bits per heavy atom. The van der Waals surface area contributed by atoms with E-state index in [2.05, 4.69) is 0 Å². The second-order valence-electron chi connectivity index (χ2n) is 3.42. The average molecular weight is 272 g/mol. The fourth-order valence-electron chi connectivity index (χ4n) is 1.59. The Hall–Kier alpha value is -2.10. The maximum atomic E-state index is 10.8. The second-order valence-corrected chi connectivity index (χ2v) is 3.42. The molecular formula is C10H12N2O7. The summed E-state index contributed by atoms with van der Waals surface area (Å²) in [6.45, 7) is 0. The Bertz CT molecular complexity index is 458. The smallest absolute Gasteiger partial charge is 0.311 e. The van der Waals surface area contributed by atoms with Crippen LogP contribution >= 0.6 is 0 Å². The third-order valence-corrected chi connectivity index (χ3v) is 2.48. The first-order chi connectivity index (χ1) is 8.90. The summed E-state index contributed by atoms with van der Waals surface area (Å²) in [5, 5.41) is 21.6. The highest BCUT2D eigenvalue weighted by molar-refractivity contribution is 5.47. The zero-order valence-corrected chi connectivity index (χ0v) is 10.5. The van der Waals surface area contributed by atoms with Crippen LogP contribution in [0.2, 0.25) is 0 Å². The molecule has 0 radical (unpaired) electrons. The molecule has 19 heavy (non-hydrogen) atoms. The fraction of sp³-hybridized carbons (Fsp3) is 0.400. The van der Waals surface area contributed by atoms with Crippen molar-refractivity contribution in [2.45, 2.75) is 5.97 Å². The molecule has 0 bridgehead atoms. The molecule has 0 saturated carbocycles. The van der Waals surface area contributed by atoms with Gasteiger partial charge in [0, 0.05) is 33.5 Å². The normalized spacial score (nSPS) is 11.3. The highest BCUT2D eigenvalue weighted by Crippen LogP contribution is 2.33. The van der Waals surface area contributed by atoms with Crippen LogP contribution in [0.1, 0.15) is 5.56 Å². The van der Waals surface area contributed by atoms with E-state index in [9.17, 15) is 20.2 Å². The molecule has 1 aromatic carbocycles. The molecule has 104 valence electrons. The van der Waals surface area contributed by atoms with Gasteiger partial charge in [0.05, 0.1) is 21.5 Å². The van der Waals surface area contributed by atoms with Crippen molar-refractivity contribution in [2.24, 2.45) is 0 Å². The zero-order chi connectivity index (χ0) is 14.6. The SMILES string of the molecule is COC(OC)(OC)c1cc([N+](=O)[O-])cc([N+](=O)[O-])c1. The third kappa shape index (κ3) is 2.84. The molecule has 9 nitrogen and oxygen atoms in total. The van der Waals surface area contributed by atoms with E-state index in [4.69, 9.17) is 14.2 Å². The average Bonchev–Trinajstić information content (AvgIpc) is 2.41. The Kier molecular flexibility index (Phi) is 4.48. The second kappa shape index (κ2) is 5.69. The molecule has 0 atom stereocenters. The lowest BCUT2D eigenvalue weighted by molar-refractivity contribution is -0.396. The third-order valence-electron chi connectivity index (χ3n) is 2.48. The topological polar surface area (TPSA) is 114 Å². The number of hydrogen-bond acceptors (Lipinski definition) is 7. The molecule has 0 N–H and O–H groups in total. The molecule has 0 unspecified atom stereocenters. The summed E-state index contributed by atoms with van der Waals surface area (Å²) in [6, 6.07) is 3.02. The van der Waals surface area contributed by atoms with E-state index in [1.54, 1.807) is 0 Å². The van der Waals surface area contributed by atoms with Crippen LogP contribution in [0.3, 0.4) is 0 Å². The van der Waals surface area contributed by atoms with Gasteiger partial charge in [0.2, 0.25) is 0 Å². The summed E-state index contributed by atoms with van der Waals surface area (Å²) in [4.78, 5) is 20.1. The van der Waals surface area contributed by atoms with E-state index in [1.165, 1.54) is 21.3 Å². The van der Waals surface area contributed by atoms with E-state index in [-0.39, 0.29) is 5.56 Å². The van der Waals surface area contributed by atoms with Crippen molar-refractivity contribution in [1.29, 1.82) is 0 Å². The fourth-order valence-corrected chi connectivity index (χ4v) is 1.59. The molecular weight excluding hydrogens is 260 g/mol. The van der Waals surface area contributed by atoms with Crippen LogP contribution in [0, 0.1) is 20.2 Å². The lowest BCUT2D eigenvalue weighted by Gasteiger charge is -2.28. The van der Waals surface area contributed by atoms with Crippen LogP contribution in [-0.4, -0.2) is 31.2 Å². The van der Waals surface area contributed by atoms with Crippen LogP contribution < -0.4 is 0 Å². The number of hydrogen-bond donors (Lipinski definition) is 0. The Balaban J connectivity index is 3.49. The predicted octanol–water partition coefficient (Wildman–Crippen LogP) is 1.55. The first kappa shape index (κ1) is 15.0. The highest BCUT2D eigenvalue weighted by Gasteiger charge is 2.35. The summed E-state index contributed by atoms with van der Waals surface area (Å²) < 4.78 is 15.0. The summed E-state index contributed by atoms with van der Waals surface area (Å²) >= 11 is 0. The van der Waals surface area contributed by atoms with Crippen molar-refractivity contribution in [1.82, 2.24) is 0 Å². The van der Waals surface area contributed by atoms with E-state index in [0.717, 1.165) is 18.2 Å². The Morgan fingerprint density at radius 2 is 1.26 bits per heavy atom. The van der Waals surface area contributed by atoms with Crippen LogP contribution in [-0.2, 0) is 20.2 Å². The molecule has 0 saturated heterocycles. The van der Waals surface area contributed by atoms with Crippen molar-refractivity contribution >= 4 is 11.4 Å². The number of rotatable bonds is 6. The Labute approximate surface area is 108 Å². The first-order valence-corrected chi connectivity index (χ1v) is 5.00. The van der Waals surface area contributed by atoms with Gasteiger partial charge >= 0.3 is 5.97 Å². The molecule has 0 aliphatic heterocycles. The molecule has 0 aliphatic carbocycles. The van der Waals surface area contributed by atoms with Gasteiger partial charge in [-0.2, -0.15) is 0 Å². The number of methoxy groups -OCH3 is 3. The number of ether oxygens (including phenoxy) is 3. The zero-order valence-electron chi connectivity index (χ0n) is 10.5. The van der Waals surface area contributed by atoms with Gasteiger partial charge in [-0.15, -0.1) is 0 Å². The van der Waals surface area contributed by atoms with Crippen LogP contribution in [0.25, 0.3) is 0 Å². The quantitative estimate of drug-likeness (QED) is 0.438. The predicted molar refractivity (Wildman–Crippen MR) is 62.5 cm³/mol. The van der Waals surface area contributed by atoms with E-state index in [0.29, 0.717) is 0 Å². The number of nitro benzene ring substituents is 2. The summed E-state index contributed by atoms with van der Waals surface area (Å²) in [7, 11) is 3.74. The molecule has 9 heteroatoms. The van der Waals surface area contributed by atoms with Crippen molar-refractivity contribution in [3.05, 3.63) is 44.0 Å². The van der Waals surface area contributed by atoms with Crippen molar-refractivity contribution in [2.75, 3.05) is 21.3 Å². The van der Waals surface area contributed by atoms with Crippen LogP contribution in [0.4, 0.5) is 11.4 Å². The van der Waals surface area contributed by atoms with E-state index < -0.39 is 27.2 Å². The lowest BCUT2D eigenvalue weighted by Crippen LogP contribution is -2.33. The molecule has 1 rings (SSSR count). The van der Waals surface area contributed by atoms with Gasteiger partial charge < -0.3 is 14.2 Å². The molecule has 0 fully saturated rings. The summed E-state index contributed by atoms with van der Waals surface area (Å²) in [6.07, 6.45) is 0. The van der Waals surface area contributed by atoms with Gasteiger partial charge in [0.1, 0.15) is 0 Å². The highest BCUT2D eigenvalue weighted by atomic mass is 16.9. The van der Waals surface area contributed by atoms with Gasteiger partial charge in [-0.25, -0.2) is 0 Å². The summed E-state index contributed by atoms with van der Waals surface area (Å²) in [5.41, 5.74) is -0.902. The number of nitrogens with zero attached hydrogens (tertiary/aromatic N) is 2. The van der Waals surface area contributed by atoms with E-state index in [1.807, 2.05) is 0 Å². The van der Waals surface area contributed by atoms with E-state index >= 15 is 0 Å². The Morgan fingerprint density at radius 1 is 0.895 bits per heavy atom. The summed E-state index contributed by atoms with van der Waals surface area (Å²) in [5.74, 6) is -1.74. The minimum absolute atomic E-state index is 0.0147. The van der Waals surface area contributed by atoms with Crippen molar-refractivity contribution in [3.8, 4) is 0 Å². The van der Waals surface area contributed by atoms with Gasteiger partial charge in [0.15, 0.2) is 0 Å². The van der Waals surface area contributed by atoms with Gasteiger partial charge in [-0.05, 0) is 0 Å². The van der Waals surface area contributed by atoms with Gasteiger partial charge in [0.25, 0.3) is 11.4 Å². The van der Waals surface area contributed by atoms with Gasteiger partial charge in [-0.3, -0.25) is 20.2 Å². The van der Waals surface area contributed by atoms with Crippen LogP contribution in [0.5, 0.6) is 0 Å². The standard InChI is InChI=1S/C10H12N2O7/c1-17-10(18-2,19-3)7-4-8(11(13)14)6-9(5-7)12(15)16/h4-6H,1-3H3. The molecule has 0 spiro atoms. The van der Waals surface area contributed by atoms with Crippen molar-refractivity contribution < 1.29 is 24.1 Å². The molecule has 0 aliphatic rings. The number of nitro groups is 2. The van der Waals surface area contributed by atoms with Gasteiger partial charge in [-0.1, -0.05) is 0 Å². The largest absolute Gasteiger partial charge is 0.327 e. The lowest BCUT2D eigenvalue weighted by atomic mass is 10.1. The molecule has 0 aromatic heterocycles. The minimum Gasteiger partial charge on any atom is -0.327 e. The number of non-ortho nitro benzene ring substituents is 2. The number of benzene rings is 1.